The fraction of sp³-hybridized carbons (Fsp3) is 0.900. The Bertz CT molecular complexity index is 182. The van der Waals surface area contributed by atoms with Gasteiger partial charge in [-0.1, -0.05) is 26.7 Å². The standard InChI is InChI=1S/C10H17NO/c1-8(2)9-5-3-4-6-10(9)11-7-12/h8-10H,3-6H2,1-2H3. The maximum absolute atomic E-state index is 10.1. The van der Waals surface area contributed by atoms with E-state index in [0.717, 1.165) is 6.42 Å². The van der Waals surface area contributed by atoms with Crippen molar-refractivity contribution in [1.82, 2.24) is 0 Å². The topological polar surface area (TPSA) is 29.4 Å². The lowest BCUT2D eigenvalue weighted by Gasteiger charge is -2.30. The summed E-state index contributed by atoms with van der Waals surface area (Å²) in [6.07, 6.45) is 6.53. The summed E-state index contributed by atoms with van der Waals surface area (Å²) in [6.45, 7) is 4.42. The van der Waals surface area contributed by atoms with Crippen molar-refractivity contribution >= 4 is 6.08 Å². The Labute approximate surface area is 74.1 Å². The normalized spacial score (nSPS) is 29.9. The van der Waals surface area contributed by atoms with Crippen LogP contribution in [0.25, 0.3) is 0 Å². The van der Waals surface area contributed by atoms with Crippen LogP contribution in [-0.2, 0) is 4.79 Å². The molecule has 2 unspecified atom stereocenters. The van der Waals surface area contributed by atoms with Crippen LogP contribution in [0.5, 0.6) is 0 Å². The van der Waals surface area contributed by atoms with E-state index in [1.807, 2.05) is 0 Å². The summed E-state index contributed by atoms with van der Waals surface area (Å²) in [5, 5.41) is 0. The molecule has 1 saturated carbocycles. The predicted octanol–water partition coefficient (Wildman–Crippen LogP) is 2.54. The fourth-order valence-corrected chi connectivity index (χ4v) is 2.15. The van der Waals surface area contributed by atoms with E-state index in [-0.39, 0.29) is 6.04 Å². The van der Waals surface area contributed by atoms with Crippen molar-refractivity contribution in [3.63, 3.8) is 0 Å². The molecular weight excluding hydrogens is 150 g/mol. The highest BCUT2D eigenvalue weighted by molar-refractivity contribution is 5.33. The van der Waals surface area contributed by atoms with Crippen molar-refractivity contribution in [2.75, 3.05) is 0 Å². The molecule has 0 spiro atoms. The van der Waals surface area contributed by atoms with Crippen molar-refractivity contribution < 1.29 is 4.79 Å². The first-order valence-electron chi connectivity index (χ1n) is 4.82. The van der Waals surface area contributed by atoms with Crippen molar-refractivity contribution in [3.05, 3.63) is 0 Å². The fourth-order valence-electron chi connectivity index (χ4n) is 2.15. The quantitative estimate of drug-likeness (QED) is 0.459. The molecular formula is C10H17NO. The first kappa shape index (κ1) is 9.47. The highest BCUT2D eigenvalue weighted by Gasteiger charge is 2.26. The third kappa shape index (κ3) is 2.18. The van der Waals surface area contributed by atoms with E-state index in [2.05, 4.69) is 18.8 Å². The number of rotatable bonds is 2. The molecule has 0 aromatic heterocycles. The van der Waals surface area contributed by atoms with E-state index < -0.39 is 0 Å². The van der Waals surface area contributed by atoms with Gasteiger partial charge in [-0.2, -0.15) is 0 Å². The van der Waals surface area contributed by atoms with Gasteiger partial charge >= 0.3 is 0 Å². The molecule has 2 nitrogen and oxygen atoms in total. The van der Waals surface area contributed by atoms with E-state index in [1.54, 1.807) is 6.08 Å². The molecule has 0 heterocycles. The number of aliphatic imine (C=N–C) groups is 1. The molecule has 0 aromatic carbocycles. The average Bonchev–Trinajstić information content (AvgIpc) is 2.05. The number of hydrogen-bond acceptors (Lipinski definition) is 2. The van der Waals surface area contributed by atoms with Crippen LogP contribution in [0.1, 0.15) is 39.5 Å². The van der Waals surface area contributed by atoms with Gasteiger partial charge in [0.1, 0.15) is 0 Å². The van der Waals surface area contributed by atoms with Gasteiger partial charge in [0.25, 0.3) is 0 Å². The Kier molecular flexibility index (Phi) is 3.48. The van der Waals surface area contributed by atoms with E-state index in [0.29, 0.717) is 11.8 Å². The third-order valence-electron chi connectivity index (χ3n) is 2.86. The Hall–Kier alpha value is -0.620. The molecule has 12 heavy (non-hydrogen) atoms. The van der Waals surface area contributed by atoms with Crippen LogP contribution in [0, 0.1) is 11.8 Å². The van der Waals surface area contributed by atoms with Crippen molar-refractivity contribution in [1.29, 1.82) is 0 Å². The Morgan fingerprint density at radius 3 is 2.58 bits per heavy atom. The van der Waals surface area contributed by atoms with E-state index in [4.69, 9.17) is 0 Å². The lowest BCUT2D eigenvalue weighted by molar-refractivity contribution is 0.241. The van der Waals surface area contributed by atoms with Crippen LogP contribution >= 0.6 is 0 Å². The van der Waals surface area contributed by atoms with Gasteiger partial charge in [0.2, 0.25) is 6.08 Å². The Morgan fingerprint density at radius 1 is 1.33 bits per heavy atom. The van der Waals surface area contributed by atoms with Gasteiger partial charge in [0, 0.05) is 0 Å². The second-order valence-electron chi connectivity index (χ2n) is 3.98. The monoisotopic (exact) mass is 167 g/mol. The Morgan fingerprint density at radius 2 is 2.00 bits per heavy atom. The zero-order valence-electron chi connectivity index (χ0n) is 7.92. The first-order valence-corrected chi connectivity index (χ1v) is 4.82. The maximum atomic E-state index is 10.1. The summed E-state index contributed by atoms with van der Waals surface area (Å²) in [6, 6.07) is 0.260. The highest BCUT2D eigenvalue weighted by atomic mass is 16.1. The molecule has 68 valence electrons. The zero-order chi connectivity index (χ0) is 8.97. The molecule has 1 rings (SSSR count). The molecule has 2 heteroatoms. The summed E-state index contributed by atoms with van der Waals surface area (Å²) in [5.41, 5.74) is 0. The molecule has 0 amide bonds. The summed E-state index contributed by atoms with van der Waals surface area (Å²) in [5.74, 6) is 1.26. The largest absolute Gasteiger partial charge is 0.235 e. The Balaban J connectivity index is 2.60. The number of hydrogen-bond donors (Lipinski definition) is 0. The molecule has 0 N–H and O–H groups in total. The molecule has 0 radical (unpaired) electrons. The van der Waals surface area contributed by atoms with Gasteiger partial charge in [0.05, 0.1) is 6.04 Å². The third-order valence-corrected chi connectivity index (χ3v) is 2.86. The van der Waals surface area contributed by atoms with Crippen LogP contribution in [0.3, 0.4) is 0 Å². The second-order valence-corrected chi connectivity index (χ2v) is 3.98. The van der Waals surface area contributed by atoms with Gasteiger partial charge in [0.15, 0.2) is 0 Å². The van der Waals surface area contributed by atoms with Gasteiger partial charge < -0.3 is 0 Å². The van der Waals surface area contributed by atoms with Crippen molar-refractivity contribution in [2.45, 2.75) is 45.6 Å². The predicted molar refractivity (Wildman–Crippen MR) is 48.7 cm³/mol. The molecule has 0 aromatic rings. The maximum Gasteiger partial charge on any atom is 0.235 e. The molecule has 1 fully saturated rings. The second kappa shape index (κ2) is 4.42. The van der Waals surface area contributed by atoms with Gasteiger partial charge in [-0.3, -0.25) is 0 Å². The summed E-state index contributed by atoms with van der Waals surface area (Å²) in [7, 11) is 0. The van der Waals surface area contributed by atoms with Crippen molar-refractivity contribution in [3.8, 4) is 0 Å². The summed E-state index contributed by atoms with van der Waals surface area (Å²) in [4.78, 5) is 14.0. The van der Waals surface area contributed by atoms with Gasteiger partial charge in [-0.15, -0.1) is 0 Å². The first-order chi connectivity index (χ1) is 5.75. The van der Waals surface area contributed by atoms with E-state index in [1.165, 1.54) is 19.3 Å². The lowest BCUT2D eigenvalue weighted by Crippen LogP contribution is -2.27. The minimum Gasteiger partial charge on any atom is -0.211 e. The van der Waals surface area contributed by atoms with Crippen LogP contribution in [0.15, 0.2) is 4.99 Å². The minimum absolute atomic E-state index is 0.260. The van der Waals surface area contributed by atoms with E-state index in [9.17, 15) is 4.79 Å². The van der Waals surface area contributed by atoms with Crippen LogP contribution in [0.2, 0.25) is 0 Å². The van der Waals surface area contributed by atoms with Gasteiger partial charge in [-0.05, 0) is 24.7 Å². The van der Waals surface area contributed by atoms with Gasteiger partial charge in [-0.25, -0.2) is 9.79 Å². The minimum atomic E-state index is 0.260. The molecule has 0 saturated heterocycles. The molecule has 1 aliphatic rings. The zero-order valence-corrected chi connectivity index (χ0v) is 7.92. The van der Waals surface area contributed by atoms with Crippen LogP contribution < -0.4 is 0 Å². The molecule has 2 atom stereocenters. The van der Waals surface area contributed by atoms with E-state index >= 15 is 0 Å². The smallest absolute Gasteiger partial charge is 0.211 e. The van der Waals surface area contributed by atoms with Crippen molar-refractivity contribution in [2.24, 2.45) is 16.8 Å². The lowest BCUT2D eigenvalue weighted by atomic mass is 9.78. The van der Waals surface area contributed by atoms with Crippen LogP contribution in [-0.4, -0.2) is 12.1 Å². The summed E-state index contributed by atoms with van der Waals surface area (Å²) >= 11 is 0. The molecule has 0 bridgehead atoms. The number of carbonyl (C=O) groups excluding carboxylic acids is 1. The molecule has 0 aliphatic heterocycles. The number of nitrogens with zero attached hydrogens (tertiary/aromatic N) is 1. The average molecular weight is 167 g/mol. The van der Waals surface area contributed by atoms with Crippen LogP contribution in [0.4, 0.5) is 0 Å². The number of isocyanates is 1. The highest BCUT2D eigenvalue weighted by Crippen LogP contribution is 2.31. The SMILES string of the molecule is CC(C)C1CCCCC1N=C=O. The molecule has 1 aliphatic carbocycles. The summed E-state index contributed by atoms with van der Waals surface area (Å²) < 4.78 is 0.